The maximum atomic E-state index is 11.7. The second-order valence-electron chi connectivity index (χ2n) is 8.32. The van der Waals surface area contributed by atoms with Crippen molar-refractivity contribution in [2.75, 3.05) is 36.4 Å². The van der Waals surface area contributed by atoms with E-state index in [4.69, 9.17) is 4.98 Å². The van der Waals surface area contributed by atoms with Gasteiger partial charge in [0.15, 0.2) is 0 Å². The molecule has 1 saturated heterocycles. The Labute approximate surface area is 193 Å². The molecule has 3 aliphatic rings. The first kappa shape index (κ1) is 20.9. The summed E-state index contributed by atoms with van der Waals surface area (Å²) in [6.45, 7) is 4.95. The van der Waals surface area contributed by atoms with E-state index in [1.54, 1.807) is 13.1 Å². The first-order valence-electron chi connectivity index (χ1n) is 11.2. The number of benzene rings is 1. The van der Waals surface area contributed by atoms with Crippen LogP contribution in [-0.2, 0) is 11.8 Å². The van der Waals surface area contributed by atoms with Gasteiger partial charge in [-0.05, 0) is 42.8 Å². The molecule has 0 radical (unpaired) electrons. The lowest BCUT2D eigenvalue weighted by Gasteiger charge is -2.24. The van der Waals surface area contributed by atoms with E-state index in [0.29, 0.717) is 5.95 Å². The Balaban J connectivity index is 1.35. The minimum absolute atomic E-state index is 0.144. The maximum Gasteiger partial charge on any atom is 0.227 e. The predicted molar refractivity (Wildman–Crippen MR) is 130 cm³/mol. The third-order valence-electron chi connectivity index (χ3n) is 6.09. The van der Waals surface area contributed by atoms with Crippen LogP contribution in [0.1, 0.15) is 13.3 Å². The number of pyridine rings is 1. The van der Waals surface area contributed by atoms with Gasteiger partial charge >= 0.3 is 0 Å². The number of hydrogen-bond donors (Lipinski definition) is 1. The summed E-state index contributed by atoms with van der Waals surface area (Å²) < 4.78 is 2.00. The number of aryl methyl sites for hydroxylation is 1. The summed E-state index contributed by atoms with van der Waals surface area (Å²) in [4.78, 5) is 29.7. The lowest BCUT2D eigenvalue weighted by atomic mass is 10.1. The van der Waals surface area contributed by atoms with Gasteiger partial charge in [0, 0.05) is 81.2 Å². The first-order valence-corrected chi connectivity index (χ1v) is 11.2. The average molecular weight is 442 g/mol. The molecular weight excluding hydrogens is 414 g/mol. The Morgan fingerprint density at radius 3 is 2.79 bits per heavy atom. The van der Waals surface area contributed by atoms with Crippen LogP contribution in [0.2, 0.25) is 0 Å². The van der Waals surface area contributed by atoms with E-state index in [2.05, 4.69) is 38.4 Å². The number of fused-ring (bicyclic) bond motifs is 1. The Hall–Kier alpha value is -3.94. The number of hydrogen-bond acceptors (Lipinski definition) is 6. The number of carbonyl (C=O) groups excluding carboxylic acids is 1. The molecule has 5 rings (SSSR count). The zero-order chi connectivity index (χ0) is 22.8. The third-order valence-corrected chi connectivity index (χ3v) is 6.09. The van der Waals surface area contributed by atoms with Crippen LogP contribution >= 0.6 is 0 Å². The van der Waals surface area contributed by atoms with Gasteiger partial charge in [0.2, 0.25) is 11.9 Å². The Kier molecular flexibility index (Phi) is 5.64. The van der Waals surface area contributed by atoms with E-state index in [9.17, 15) is 4.79 Å². The van der Waals surface area contributed by atoms with E-state index in [0.717, 1.165) is 66.6 Å². The van der Waals surface area contributed by atoms with Gasteiger partial charge < -0.3 is 19.7 Å². The van der Waals surface area contributed by atoms with Gasteiger partial charge in [-0.15, -0.1) is 0 Å². The van der Waals surface area contributed by atoms with Gasteiger partial charge in [-0.1, -0.05) is 6.07 Å². The highest BCUT2D eigenvalue weighted by Gasteiger charge is 2.18. The van der Waals surface area contributed by atoms with E-state index in [-0.39, 0.29) is 5.91 Å². The standard InChI is InChI=1S/C25H27N7O/c1-18(33)31-12-5-13-32(15-14-31)20-7-3-6-19(16-20)28-25-26-10-9-23(29-25)22-17-27-24-21(22)8-4-11-30(24)2/h3-4,6-11,16-17H,5,12-15H2,1-2H3,(H,26,28,29). The minimum Gasteiger partial charge on any atom is -0.370 e. The molecule has 4 heterocycles. The Bertz CT molecular complexity index is 1250. The molecule has 0 atom stereocenters. The van der Waals surface area contributed by atoms with Gasteiger partial charge in [0.25, 0.3) is 0 Å². The molecule has 0 saturated carbocycles. The highest BCUT2D eigenvalue weighted by atomic mass is 16.2. The molecule has 1 amide bonds. The van der Waals surface area contributed by atoms with Crippen molar-refractivity contribution >= 4 is 23.2 Å². The lowest BCUT2D eigenvalue weighted by Crippen LogP contribution is -2.33. The van der Waals surface area contributed by atoms with E-state index in [1.165, 1.54) is 0 Å². The van der Waals surface area contributed by atoms with Crippen molar-refractivity contribution in [1.82, 2.24) is 24.4 Å². The predicted octanol–water partition coefficient (Wildman–Crippen LogP) is 3.78. The van der Waals surface area contributed by atoms with E-state index in [1.807, 2.05) is 53.2 Å². The fourth-order valence-corrected chi connectivity index (χ4v) is 4.34. The number of amides is 1. The van der Waals surface area contributed by atoms with Crippen molar-refractivity contribution in [3.05, 3.63) is 61.1 Å². The zero-order valence-electron chi connectivity index (χ0n) is 18.9. The molecule has 8 nitrogen and oxygen atoms in total. The SMILES string of the molecule is CC(=O)N1CCCN(c2cccc(Nc3nccc(-c4cnc5n(C)cccc4-5)n3)c2)CC1. The van der Waals surface area contributed by atoms with Crippen LogP contribution in [0.15, 0.2) is 61.1 Å². The van der Waals surface area contributed by atoms with Crippen LogP contribution in [0.3, 0.4) is 0 Å². The lowest BCUT2D eigenvalue weighted by molar-refractivity contribution is -0.128. The summed E-state index contributed by atoms with van der Waals surface area (Å²) in [6, 6.07) is 14.2. The van der Waals surface area contributed by atoms with Crippen LogP contribution < -0.4 is 10.2 Å². The molecule has 1 aromatic heterocycles. The average Bonchev–Trinajstić information content (AvgIpc) is 3.10. The molecule has 0 aliphatic carbocycles. The van der Waals surface area contributed by atoms with E-state index >= 15 is 0 Å². The van der Waals surface area contributed by atoms with E-state index < -0.39 is 0 Å². The molecule has 1 N–H and O–H groups in total. The fourth-order valence-electron chi connectivity index (χ4n) is 4.34. The first-order chi connectivity index (χ1) is 16.1. The maximum absolute atomic E-state index is 11.7. The number of rotatable bonds is 4. The highest BCUT2D eigenvalue weighted by Crippen LogP contribution is 2.32. The molecular formula is C25H27N7O. The van der Waals surface area contributed by atoms with Crippen molar-refractivity contribution in [2.45, 2.75) is 13.3 Å². The molecule has 8 heteroatoms. The van der Waals surface area contributed by atoms with Crippen molar-refractivity contribution in [3.63, 3.8) is 0 Å². The van der Waals surface area contributed by atoms with Gasteiger partial charge in [0.1, 0.15) is 5.82 Å². The third kappa shape index (κ3) is 4.37. The van der Waals surface area contributed by atoms with Crippen LogP contribution in [0.25, 0.3) is 22.6 Å². The molecule has 0 unspecified atom stereocenters. The summed E-state index contributed by atoms with van der Waals surface area (Å²) in [7, 11) is 1.99. The topological polar surface area (TPSA) is 79.2 Å². The van der Waals surface area contributed by atoms with Gasteiger partial charge in [-0.25, -0.2) is 15.0 Å². The summed E-state index contributed by atoms with van der Waals surface area (Å²) in [5.74, 6) is 1.61. The van der Waals surface area contributed by atoms with Crippen LogP contribution in [-0.4, -0.2) is 56.5 Å². The molecule has 0 spiro atoms. The molecule has 168 valence electrons. The number of aromatic nitrogens is 4. The number of anilines is 3. The van der Waals surface area contributed by atoms with Crippen molar-refractivity contribution in [2.24, 2.45) is 7.05 Å². The summed E-state index contributed by atoms with van der Waals surface area (Å²) >= 11 is 0. The second kappa shape index (κ2) is 8.90. The molecule has 33 heavy (non-hydrogen) atoms. The number of nitrogens with one attached hydrogen (secondary N) is 1. The van der Waals surface area contributed by atoms with Crippen LogP contribution in [0.4, 0.5) is 17.3 Å². The molecule has 1 aromatic carbocycles. The highest BCUT2D eigenvalue weighted by molar-refractivity contribution is 5.80. The zero-order valence-corrected chi connectivity index (χ0v) is 18.9. The summed E-state index contributed by atoms with van der Waals surface area (Å²) in [5.41, 5.74) is 4.93. The van der Waals surface area contributed by atoms with Gasteiger partial charge in [-0.3, -0.25) is 4.79 Å². The van der Waals surface area contributed by atoms with Gasteiger partial charge in [-0.2, -0.15) is 0 Å². The van der Waals surface area contributed by atoms with Crippen molar-refractivity contribution < 1.29 is 4.79 Å². The Morgan fingerprint density at radius 2 is 1.91 bits per heavy atom. The van der Waals surface area contributed by atoms with Crippen LogP contribution in [0.5, 0.6) is 0 Å². The monoisotopic (exact) mass is 441 g/mol. The van der Waals surface area contributed by atoms with Crippen molar-refractivity contribution in [3.8, 4) is 22.6 Å². The van der Waals surface area contributed by atoms with Gasteiger partial charge in [0.05, 0.1) is 5.69 Å². The quantitative estimate of drug-likeness (QED) is 0.519. The normalized spacial score (nSPS) is 14.4. The molecule has 2 aromatic rings. The summed E-state index contributed by atoms with van der Waals surface area (Å²) in [5, 5.41) is 3.35. The molecule has 0 bridgehead atoms. The largest absolute Gasteiger partial charge is 0.370 e. The van der Waals surface area contributed by atoms with Crippen LogP contribution in [0, 0.1) is 0 Å². The fraction of sp³-hybridized carbons (Fsp3) is 0.280. The molecule has 1 fully saturated rings. The minimum atomic E-state index is 0.144. The summed E-state index contributed by atoms with van der Waals surface area (Å²) in [6.07, 6.45) is 6.57. The Morgan fingerprint density at radius 1 is 1.00 bits per heavy atom. The molecule has 3 aliphatic heterocycles. The second-order valence-corrected chi connectivity index (χ2v) is 8.32. The number of carbonyl (C=O) groups is 1. The smallest absolute Gasteiger partial charge is 0.227 e. The number of nitrogens with zero attached hydrogens (tertiary/aromatic N) is 6. The van der Waals surface area contributed by atoms with Crippen molar-refractivity contribution in [1.29, 1.82) is 0 Å².